The number of allylic oxidation sites excluding steroid dienone is 1. The molecule has 1 aromatic carbocycles. The Hall–Kier alpha value is -2.15. The molecule has 3 aliphatic rings. The molecule has 2 atom stereocenters. The summed E-state index contributed by atoms with van der Waals surface area (Å²) in [5, 5.41) is 0. The molecular weight excluding hydrogens is 366 g/mol. The zero-order chi connectivity index (χ0) is 19.6. The summed E-state index contributed by atoms with van der Waals surface area (Å²) in [5.41, 5.74) is 2.08. The van der Waals surface area contributed by atoms with E-state index < -0.39 is 28.6 Å². The first kappa shape index (κ1) is 18.2. The van der Waals surface area contributed by atoms with E-state index in [1.807, 2.05) is 45.0 Å². The highest BCUT2D eigenvalue weighted by Crippen LogP contribution is 2.63. The number of hydrogen-bond acceptors (Lipinski definition) is 5. The van der Waals surface area contributed by atoms with Gasteiger partial charge in [-0.15, -0.1) is 0 Å². The lowest BCUT2D eigenvalue weighted by Gasteiger charge is -2.29. The number of nitrogens with zero attached hydrogens (tertiary/aromatic N) is 1. The average molecular weight is 389 g/mol. The zero-order valence-electron chi connectivity index (χ0n) is 15.7. The number of rotatable bonds is 4. The van der Waals surface area contributed by atoms with Crippen LogP contribution >= 0.6 is 0 Å². The quantitative estimate of drug-likeness (QED) is 0.739. The first-order chi connectivity index (χ1) is 12.6. The average Bonchev–Trinajstić information content (AvgIpc) is 3.10. The van der Waals surface area contributed by atoms with Crippen LogP contribution in [0, 0.1) is 24.2 Å². The Morgan fingerprint density at radius 1 is 1.19 bits per heavy atom. The molecule has 0 saturated heterocycles. The zero-order valence-corrected chi connectivity index (χ0v) is 16.5. The van der Waals surface area contributed by atoms with E-state index in [2.05, 4.69) is 0 Å². The van der Waals surface area contributed by atoms with Crippen molar-refractivity contribution in [3.8, 4) is 0 Å². The summed E-state index contributed by atoms with van der Waals surface area (Å²) in [4.78, 5) is 25.1. The molecule has 0 aromatic heterocycles. The predicted molar refractivity (Wildman–Crippen MR) is 98.6 cm³/mol. The molecule has 1 aromatic rings. The maximum atomic E-state index is 12.9. The van der Waals surface area contributed by atoms with Gasteiger partial charge in [-0.1, -0.05) is 43.7 Å². The number of benzene rings is 1. The van der Waals surface area contributed by atoms with Gasteiger partial charge in [0.25, 0.3) is 15.9 Å². The van der Waals surface area contributed by atoms with Crippen molar-refractivity contribution >= 4 is 21.9 Å². The Morgan fingerprint density at radius 2 is 1.81 bits per heavy atom. The Balaban J connectivity index is 1.46. The van der Waals surface area contributed by atoms with Gasteiger partial charge < -0.3 is 4.74 Å². The summed E-state index contributed by atoms with van der Waals surface area (Å²) in [6.45, 7) is 5.45. The SMILES string of the molecule is Cc1ccc(CC(=O)OCN2C(=O)C3=C(C4CCC3C4(C)C)S2(=O)=O)cc1. The lowest BCUT2D eigenvalue weighted by Crippen LogP contribution is -2.39. The molecule has 1 aliphatic heterocycles. The smallest absolute Gasteiger partial charge is 0.312 e. The number of fused-ring (bicyclic) bond motifs is 4. The number of carbonyl (C=O) groups excluding carboxylic acids is 2. The van der Waals surface area contributed by atoms with Crippen molar-refractivity contribution in [2.45, 2.75) is 40.0 Å². The van der Waals surface area contributed by atoms with Gasteiger partial charge in [-0.05, 0) is 36.7 Å². The van der Waals surface area contributed by atoms with Crippen LogP contribution in [0.15, 0.2) is 34.7 Å². The van der Waals surface area contributed by atoms with E-state index in [9.17, 15) is 18.0 Å². The number of carbonyl (C=O) groups is 2. The highest BCUT2D eigenvalue weighted by Gasteiger charge is 2.63. The number of sulfonamides is 1. The van der Waals surface area contributed by atoms with Gasteiger partial charge in [0.05, 0.1) is 11.3 Å². The second-order valence-electron chi connectivity index (χ2n) is 8.25. The molecule has 1 amide bonds. The van der Waals surface area contributed by atoms with Crippen LogP contribution in [0.25, 0.3) is 0 Å². The van der Waals surface area contributed by atoms with Crippen molar-refractivity contribution in [3.63, 3.8) is 0 Å². The molecule has 1 fully saturated rings. The minimum absolute atomic E-state index is 0.0342. The van der Waals surface area contributed by atoms with Crippen molar-refractivity contribution in [2.75, 3.05) is 6.73 Å². The van der Waals surface area contributed by atoms with E-state index in [0.29, 0.717) is 5.57 Å². The number of amides is 1. The number of hydrogen-bond donors (Lipinski definition) is 0. The van der Waals surface area contributed by atoms with Crippen LogP contribution in [0.1, 0.15) is 37.8 Å². The fourth-order valence-corrected chi connectivity index (χ4v) is 6.82. The topological polar surface area (TPSA) is 80.8 Å². The minimum Gasteiger partial charge on any atom is -0.443 e. The summed E-state index contributed by atoms with van der Waals surface area (Å²) in [6.07, 6.45) is 1.65. The van der Waals surface area contributed by atoms with Crippen LogP contribution in [-0.4, -0.2) is 31.3 Å². The summed E-state index contributed by atoms with van der Waals surface area (Å²) in [5.74, 6) is -1.24. The monoisotopic (exact) mass is 389 g/mol. The van der Waals surface area contributed by atoms with Crippen LogP contribution in [-0.2, 0) is 30.8 Å². The standard InChI is InChI=1S/C20H23NO5S/c1-12-4-6-13(7-5-12)10-16(22)26-11-21-19(23)17-14-8-9-15(20(14,2)3)18(17)27(21,24)25/h4-7,14-15H,8-11H2,1-3H3. The van der Waals surface area contributed by atoms with E-state index >= 15 is 0 Å². The van der Waals surface area contributed by atoms with Gasteiger partial charge in [-0.3, -0.25) is 9.59 Å². The molecule has 0 N–H and O–H groups in total. The Bertz CT molecular complexity index is 959. The van der Waals surface area contributed by atoms with Crippen LogP contribution in [0.3, 0.4) is 0 Å². The van der Waals surface area contributed by atoms with Gasteiger partial charge in [0.1, 0.15) is 0 Å². The van der Waals surface area contributed by atoms with Crippen LogP contribution in [0.5, 0.6) is 0 Å². The van der Waals surface area contributed by atoms with Gasteiger partial charge in [-0.2, -0.15) is 4.31 Å². The van der Waals surface area contributed by atoms with Crippen molar-refractivity contribution in [2.24, 2.45) is 17.3 Å². The highest BCUT2D eigenvalue weighted by atomic mass is 32.2. The van der Waals surface area contributed by atoms with E-state index in [-0.39, 0.29) is 28.6 Å². The summed E-state index contributed by atoms with van der Waals surface area (Å²) < 4.78 is 31.7. The second-order valence-corrected chi connectivity index (χ2v) is 10.1. The number of ether oxygens (including phenoxy) is 1. The molecular formula is C20H23NO5S. The summed E-state index contributed by atoms with van der Waals surface area (Å²) in [6, 6.07) is 7.43. The van der Waals surface area contributed by atoms with Crippen LogP contribution < -0.4 is 0 Å². The van der Waals surface area contributed by atoms with E-state index in [4.69, 9.17) is 4.74 Å². The first-order valence-corrected chi connectivity index (χ1v) is 10.6. The fraction of sp³-hybridized carbons (Fsp3) is 0.500. The molecule has 144 valence electrons. The van der Waals surface area contributed by atoms with Gasteiger partial charge >= 0.3 is 5.97 Å². The maximum Gasteiger partial charge on any atom is 0.312 e. The minimum atomic E-state index is -3.90. The Labute approximate surface area is 159 Å². The molecule has 1 saturated carbocycles. The van der Waals surface area contributed by atoms with Crippen LogP contribution in [0.4, 0.5) is 0 Å². The molecule has 27 heavy (non-hydrogen) atoms. The highest BCUT2D eigenvalue weighted by molar-refractivity contribution is 7.94. The fourth-order valence-electron chi connectivity index (χ4n) is 4.78. The van der Waals surface area contributed by atoms with E-state index in [0.717, 1.165) is 28.3 Å². The molecule has 4 rings (SSSR count). The van der Waals surface area contributed by atoms with Crippen molar-refractivity contribution < 1.29 is 22.7 Å². The van der Waals surface area contributed by atoms with Crippen molar-refractivity contribution in [3.05, 3.63) is 45.9 Å². The third-order valence-electron chi connectivity index (χ3n) is 6.31. The molecule has 0 radical (unpaired) electrons. The predicted octanol–water partition coefficient (Wildman–Crippen LogP) is 2.53. The third kappa shape index (κ3) is 2.63. The van der Waals surface area contributed by atoms with Gasteiger partial charge in [0.2, 0.25) is 0 Å². The van der Waals surface area contributed by atoms with Crippen molar-refractivity contribution in [1.29, 1.82) is 0 Å². The Kier molecular flexibility index (Phi) is 4.00. The molecule has 2 aliphatic carbocycles. The first-order valence-electron chi connectivity index (χ1n) is 9.16. The van der Waals surface area contributed by atoms with Crippen LogP contribution in [0.2, 0.25) is 0 Å². The summed E-state index contributed by atoms with van der Waals surface area (Å²) in [7, 11) is -3.90. The molecule has 2 unspecified atom stereocenters. The maximum absolute atomic E-state index is 12.9. The molecule has 2 bridgehead atoms. The largest absolute Gasteiger partial charge is 0.443 e. The third-order valence-corrected chi connectivity index (χ3v) is 8.22. The Morgan fingerprint density at radius 3 is 2.44 bits per heavy atom. The molecule has 1 heterocycles. The lowest BCUT2D eigenvalue weighted by molar-refractivity contribution is -0.147. The number of aryl methyl sites for hydroxylation is 1. The normalized spacial score (nSPS) is 27.2. The molecule has 7 heteroatoms. The van der Waals surface area contributed by atoms with E-state index in [1.54, 1.807) is 0 Å². The van der Waals surface area contributed by atoms with Gasteiger partial charge in [0.15, 0.2) is 6.73 Å². The number of esters is 1. The van der Waals surface area contributed by atoms with Crippen molar-refractivity contribution in [1.82, 2.24) is 4.31 Å². The lowest BCUT2D eigenvalue weighted by atomic mass is 9.79. The molecule has 0 spiro atoms. The summed E-state index contributed by atoms with van der Waals surface area (Å²) >= 11 is 0. The van der Waals surface area contributed by atoms with E-state index in [1.165, 1.54) is 0 Å². The second kappa shape index (κ2) is 5.92. The molecule has 6 nitrogen and oxygen atoms in total. The van der Waals surface area contributed by atoms with Gasteiger partial charge in [0, 0.05) is 11.5 Å². The van der Waals surface area contributed by atoms with Gasteiger partial charge in [-0.25, -0.2) is 8.42 Å².